The third-order valence-electron chi connectivity index (χ3n) is 3.84. The lowest BCUT2D eigenvalue weighted by molar-refractivity contribution is -0.137. The molecule has 4 nitrogen and oxygen atoms in total. The number of aromatic hydroxyl groups is 2. The molecule has 0 radical (unpaired) electrons. The van der Waals surface area contributed by atoms with Gasteiger partial charge < -0.3 is 15.3 Å². The third-order valence-corrected chi connectivity index (χ3v) is 3.84. The fourth-order valence-electron chi connectivity index (χ4n) is 2.83. The predicted octanol–water partition coefficient (Wildman–Crippen LogP) is 4.10. The molecule has 1 unspecified atom stereocenters. The monoisotopic (exact) mass is 318 g/mol. The highest BCUT2D eigenvalue weighted by Gasteiger charge is 2.20. The van der Waals surface area contributed by atoms with Crippen molar-refractivity contribution in [3.8, 4) is 22.6 Å². The smallest absolute Gasteiger partial charge is 0.303 e. The minimum atomic E-state index is -1.05. The molecule has 122 valence electrons. The van der Waals surface area contributed by atoms with Crippen molar-refractivity contribution < 1.29 is 24.5 Å². The summed E-state index contributed by atoms with van der Waals surface area (Å²) in [7, 11) is 0. The molecule has 1 atom stereocenters. The zero-order valence-corrected chi connectivity index (χ0v) is 13.2. The molecule has 0 saturated heterocycles. The Kier molecular flexibility index (Phi) is 4.59. The molecule has 2 aromatic carbocycles. The molecule has 0 bridgehead atoms. The number of phenols is 2. The Hall–Kier alpha value is -2.56. The number of benzene rings is 2. The number of hydrogen-bond donors (Lipinski definition) is 3. The molecule has 3 N–H and O–H groups in total. The Morgan fingerprint density at radius 3 is 2.35 bits per heavy atom. The van der Waals surface area contributed by atoms with Gasteiger partial charge in [0.1, 0.15) is 5.75 Å². The van der Waals surface area contributed by atoms with E-state index in [-0.39, 0.29) is 17.7 Å². The normalized spacial score (nSPS) is 12.2. The maximum Gasteiger partial charge on any atom is 0.303 e. The van der Waals surface area contributed by atoms with Crippen LogP contribution in [0.5, 0.6) is 11.5 Å². The SMILES string of the molecule is Cc1cc(C)c(-c2cc(O)c(F)c(C(C)CC(=O)O)c2)c(O)c1. The van der Waals surface area contributed by atoms with E-state index in [4.69, 9.17) is 5.11 Å². The fraction of sp³-hybridized carbons (Fsp3) is 0.278. The molecule has 0 heterocycles. The number of aryl methyl sites for hydroxylation is 2. The lowest BCUT2D eigenvalue weighted by Crippen LogP contribution is -2.05. The highest BCUT2D eigenvalue weighted by molar-refractivity contribution is 5.76. The van der Waals surface area contributed by atoms with Crippen LogP contribution in [0, 0.1) is 19.7 Å². The van der Waals surface area contributed by atoms with Crippen LogP contribution < -0.4 is 0 Å². The summed E-state index contributed by atoms with van der Waals surface area (Å²) < 4.78 is 14.2. The molecule has 5 heteroatoms. The van der Waals surface area contributed by atoms with Crippen molar-refractivity contribution in [3.05, 3.63) is 46.8 Å². The number of halogens is 1. The van der Waals surface area contributed by atoms with E-state index < -0.39 is 23.5 Å². The summed E-state index contributed by atoms with van der Waals surface area (Å²) in [6, 6.07) is 6.18. The summed E-state index contributed by atoms with van der Waals surface area (Å²) in [4.78, 5) is 10.9. The van der Waals surface area contributed by atoms with E-state index in [1.54, 1.807) is 13.0 Å². The second kappa shape index (κ2) is 6.28. The minimum absolute atomic E-state index is 0.0327. The Morgan fingerprint density at radius 1 is 1.13 bits per heavy atom. The van der Waals surface area contributed by atoms with Crippen LogP contribution >= 0.6 is 0 Å². The van der Waals surface area contributed by atoms with E-state index in [0.29, 0.717) is 11.1 Å². The Bertz CT molecular complexity index is 745. The van der Waals surface area contributed by atoms with Crippen LogP contribution in [-0.2, 0) is 4.79 Å². The number of phenolic OH excluding ortho intramolecular Hbond substituents is 2. The first-order valence-corrected chi connectivity index (χ1v) is 7.25. The van der Waals surface area contributed by atoms with E-state index in [0.717, 1.165) is 11.1 Å². The summed E-state index contributed by atoms with van der Waals surface area (Å²) in [6.07, 6.45) is -0.251. The minimum Gasteiger partial charge on any atom is -0.507 e. The van der Waals surface area contributed by atoms with Crippen molar-refractivity contribution in [2.24, 2.45) is 0 Å². The fourth-order valence-corrected chi connectivity index (χ4v) is 2.83. The highest BCUT2D eigenvalue weighted by Crippen LogP contribution is 2.39. The molecule has 0 fully saturated rings. The van der Waals surface area contributed by atoms with Gasteiger partial charge in [0.15, 0.2) is 11.6 Å². The quantitative estimate of drug-likeness (QED) is 0.793. The molecule has 0 aromatic heterocycles. The molecule has 0 saturated carbocycles. The van der Waals surface area contributed by atoms with Crippen molar-refractivity contribution in [3.63, 3.8) is 0 Å². The topological polar surface area (TPSA) is 77.8 Å². The molecular weight excluding hydrogens is 299 g/mol. The number of carbonyl (C=O) groups is 1. The van der Waals surface area contributed by atoms with Gasteiger partial charge in [-0.15, -0.1) is 0 Å². The Balaban J connectivity index is 2.62. The third kappa shape index (κ3) is 3.44. The van der Waals surface area contributed by atoms with E-state index in [2.05, 4.69) is 0 Å². The van der Waals surface area contributed by atoms with E-state index in [9.17, 15) is 19.4 Å². The van der Waals surface area contributed by atoms with Gasteiger partial charge in [0.2, 0.25) is 0 Å². The second-order valence-electron chi connectivity index (χ2n) is 5.87. The average Bonchev–Trinajstić information content (AvgIpc) is 2.40. The molecule has 2 rings (SSSR count). The van der Waals surface area contributed by atoms with Crippen LogP contribution in [0.3, 0.4) is 0 Å². The zero-order chi connectivity index (χ0) is 17.3. The highest BCUT2D eigenvalue weighted by atomic mass is 19.1. The lowest BCUT2D eigenvalue weighted by Gasteiger charge is -2.16. The van der Waals surface area contributed by atoms with Gasteiger partial charge in [0, 0.05) is 5.56 Å². The van der Waals surface area contributed by atoms with Crippen molar-refractivity contribution in [2.45, 2.75) is 33.1 Å². The first kappa shape index (κ1) is 16.8. The van der Waals surface area contributed by atoms with E-state index in [1.165, 1.54) is 12.1 Å². The van der Waals surface area contributed by atoms with Crippen LogP contribution in [0.25, 0.3) is 11.1 Å². The molecule has 2 aromatic rings. The predicted molar refractivity (Wildman–Crippen MR) is 85.3 cm³/mol. The molecule has 0 aliphatic carbocycles. The van der Waals surface area contributed by atoms with Gasteiger partial charge in [-0.25, -0.2) is 4.39 Å². The second-order valence-corrected chi connectivity index (χ2v) is 5.87. The van der Waals surface area contributed by atoms with Crippen molar-refractivity contribution >= 4 is 5.97 Å². The van der Waals surface area contributed by atoms with Crippen molar-refractivity contribution in [1.29, 1.82) is 0 Å². The van der Waals surface area contributed by atoms with Crippen LogP contribution in [0.2, 0.25) is 0 Å². The molecule has 23 heavy (non-hydrogen) atoms. The first-order valence-electron chi connectivity index (χ1n) is 7.25. The largest absolute Gasteiger partial charge is 0.507 e. The summed E-state index contributed by atoms with van der Waals surface area (Å²) in [5.41, 5.74) is 2.72. The first-order chi connectivity index (χ1) is 10.7. The summed E-state index contributed by atoms with van der Waals surface area (Å²) in [6.45, 7) is 5.24. The van der Waals surface area contributed by atoms with Crippen LogP contribution in [0.4, 0.5) is 4.39 Å². The lowest BCUT2D eigenvalue weighted by atomic mass is 9.91. The number of carboxylic acids is 1. The van der Waals surface area contributed by atoms with Crippen LogP contribution in [0.15, 0.2) is 24.3 Å². The van der Waals surface area contributed by atoms with Gasteiger partial charge in [-0.05, 0) is 60.2 Å². The van der Waals surface area contributed by atoms with E-state index in [1.807, 2.05) is 19.9 Å². The summed E-state index contributed by atoms with van der Waals surface area (Å²) >= 11 is 0. The maximum absolute atomic E-state index is 14.2. The van der Waals surface area contributed by atoms with E-state index >= 15 is 0 Å². The number of rotatable bonds is 4. The van der Waals surface area contributed by atoms with Crippen LogP contribution in [-0.4, -0.2) is 21.3 Å². The molecule has 0 aliphatic heterocycles. The summed E-state index contributed by atoms with van der Waals surface area (Å²) in [5.74, 6) is -3.01. The molecule has 0 aliphatic rings. The number of aliphatic carboxylic acids is 1. The Morgan fingerprint density at radius 2 is 1.78 bits per heavy atom. The maximum atomic E-state index is 14.2. The average molecular weight is 318 g/mol. The number of hydrogen-bond acceptors (Lipinski definition) is 3. The van der Waals surface area contributed by atoms with Gasteiger partial charge in [0.05, 0.1) is 6.42 Å². The zero-order valence-electron chi connectivity index (χ0n) is 13.2. The van der Waals surface area contributed by atoms with Crippen LogP contribution in [0.1, 0.15) is 36.0 Å². The van der Waals surface area contributed by atoms with Gasteiger partial charge >= 0.3 is 5.97 Å². The van der Waals surface area contributed by atoms with Gasteiger partial charge in [-0.1, -0.05) is 13.0 Å². The summed E-state index contributed by atoms with van der Waals surface area (Å²) in [5, 5.41) is 28.9. The standard InChI is InChI=1S/C18H19FO4/c1-9-4-11(3)17(14(20)5-9)12-7-13(10(2)6-16(22)23)18(19)15(21)8-12/h4-5,7-8,10,20-21H,6H2,1-3H3,(H,22,23). The van der Waals surface area contributed by atoms with Crippen molar-refractivity contribution in [1.82, 2.24) is 0 Å². The van der Waals surface area contributed by atoms with Crippen molar-refractivity contribution in [2.75, 3.05) is 0 Å². The van der Waals surface area contributed by atoms with Gasteiger partial charge in [-0.3, -0.25) is 4.79 Å². The number of carboxylic acid groups (broad SMARTS) is 1. The molecule has 0 spiro atoms. The Labute approximate surface area is 133 Å². The van der Waals surface area contributed by atoms with Gasteiger partial charge in [-0.2, -0.15) is 0 Å². The molecular formula is C18H19FO4. The van der Waals surface area contributed by atoms with Gasteiger partial charge in [0.25, 0.3) is 0 Å². The molecule has 0 amide bonds.